The molecule has 0 amide bonds. The molecule has 0 aliphatic carbocycles. The summed E-state index contributed by atoms with van der Waals surface area (Å²) in [5.41, 5.74) is 10.4. The van der Waals surface area contributed by atoms with Gasteiger partial charge in [0.2, 0.25) is 0 Å². The first kappa shape index (κ1) is 20.9. The van der Waals surface area contributed by atoms with Gasteiger partial charge in [-0.2, -0.15) is 4.98 Å². The van der Waals surface area contributed by atoms with Gasteiger partial charge in [0.05, 0.1) is 17.1 Å². The maximum atomic E-state index is 14.9. The number of nitrogens with zero attached hydrogens (tertiary/aromatic N) is 5. The van der Waals surface area contributed by atoms with Crippen molar-refractivity contribution in [1.82, 2.24) is 19.9 Å². The van der Waals surface area contributed by atoms with E-state index in [1.807, 2.05) is 13.8 Å². The van der Waals surface area contributed by atoms with Crippen molar-refractivity contribution >= 4 is 28.9 Å². The van der Waals surface area contributed by atoms with Crippen molar-refractivity contribution in [2.45, 2.75) is 33.1 Å². The van der Waals surface area contributed by atoms with Gasteiger partial charge >= 0.3 is 0 Å². The van der Waals surface area contributed by atoms with Gasteiger partial charge in [0, 0.05) is 30.5 Å². The number of anilines is 1. The Kier molecular flexibility index (Phi) is 5.12. The van der Waals surface area contributed by atoms with E-state index in [9.17, 15) is 4.39 Å². The lowest BCUT2D eigenvalue weighted by Crippen LogP contribution is -2.39. The second kappa shape index (κ2) is 7.85. The van der Waals surface area contributed by atoms with Crippen LogP contribution in [0.15, 0.2) is 22.7 Å². The maximum absolute atomic E-state index is 14.9. The predicted octanol–water partition coefficient (Wildman–Crippen LogP) is 3.75. The standard InChI is InChI=1S/C24H29FN6O/c1-15-13-27-20(16(2)28-15)12-19(26)17-10-18(25)22-21(11-17)32-23(29-22)31-9-6-24(14-31)4-7-30(3)8-5-24/h10-13H,4-9,14,26H2,1-3H3/b19-12-. The Labute approximate surface area is 187 Å². The normalized spacial score (nSPS) is 19.4. The van der Waals surface area contributed by atoms with Gasteiger partial charge in [-0.1, -0.05) is 0 Å². The Morgan fingerprint density at radius 3 is 2.66 bits per heavy atom. The molecule has 2 fully saturated rings. The maximum Gasteiger partial charge on any atom is 0.298 e. The molecule has 2 aliphatic heterocycles. The zero-order valence-electron chi connectivity index (χ0n) is 18.9. The lowest BCUT2D eigenvalue weighted by molar-refractivity contribution is 0.141. The van der Waals surface area contributed by atoms with E-state index >= 15 is 0 Å². The van der Waals surface area contributed by atoms with Crippen molar-refractivity contribution in [1.29, 1.82) is 0 Å². The summed E-state index contributed by atoms with van der Waals surface area (Å²) in [6.45, 7) is 7.80. The molecule has 168 valence electrons. The minimum atomic E-state index is -0.441. The van der Waals surface area contributed by atoms with Crippen molar-refractivity contribution in [2.24, 2.45) is 11.1 Å². The highest BCUT2D eigenvalue weighted by Crippen LogP contribution is 2.42. The zero-order valence-corrected chi connectivity index (χ0v) is 18.9. The number of halogens is 1. The van der Waals surface area contributed by atoms with Crippen molar-refractivity contribution in [3.63, 3.8) is 0 Å². The molecular formula is C24H29FN6O. The molecule has 4 heterocycles. The van der Waals surface area contributed by atoms with Crippen LogP contribution in [0.2, 0.25) is 0 Å². The van der Waals surface area contributed by atoms with Crippen LogP contribution in [0.3, 0.4) is 0 Å². The molecule has 2 aromatic heterocycles. The Morgan fingerprint density at radius 2 is 1.91 bits per heavy atom. The van der Waals surface area contributed by atoms with Gasteiger partial charge in [0.1, 0.15) is 5.52 Å². The van der Waals surface area contributed by atoms with E-state index in [-0.39, 0.29) is 5.52 Å². The summed E-state index contributed by atoms with van der Waals surface area (Å²) in [4.78, 5) is 17.8. The third-order valence-corrected chi connectivity index (χ3v) is 6.92. The number of likely N-dealkylation sites (tertiary alicyclic amines) is 1. The summed E-state index contributed by atoms with van der Waals surface area (Å²) >= 11 is 0. The van der Waals surface area contributed by atoms with E-state index in [1.165, 1.54) is 18.9 Å². The second-order valence-electron chi connectivity index (χ2n) is 9.36. The van der Waals surface area contributed by atoms with Crippen molar-refractivity contribution in [2.75, 3.05) is 38.1 Å². The summed E-state index contributed by atoms with van der Waals surface area (Å²) in [6, 6.07) is 3.65. The molecule has 1 aromatic carbocycles. The van der Waals surface area contributed by atoms with Crippen LogP contribution in [-0.4, -0.2) is 53.1 Å². The van der Waals surface area contributed by atoms with E-state index < -0.39 is 5.82 Å². The van der Waals surface area contributed by atoms with E-state index in [2.05, 4.69) is 31.8 Å². The van der Waals surface area contributed by atoms with E-state index in [4.69, 9.17) is 10.2 Å². The van der Waals surface area contributed by atoms with Gasteiger partial charge in [-0.05, 0) is 76.9 Å². The Balaban J connectivity index is 1.42. The molecule has 0 unspecified atom stereocenters. The van der Waals surface area contributed by atoms with Crippen LogP contribution < -0.4 is 10.6 Å². The molecule has 8 heteroatoms. The summed E-state index contributed by atoms with van der Waals surface area (Å²) < 4.78 is 20.9. The molecule has 7 nitrogen and oxygen atoms in total. The van der Waals surface area contributed by atoms with E-state index in [0.717, 1.165) is 44.0 Å². The van der Waals surface area contributed by atoms with Crippen molar-refractivity contribution in [3.8, 4) is 0 Å². The smallest absolute Gasteiger partial charge is 0.298 e. The minimum absolute atomic E-state index is 0.243. The number of hydrogen-bond acceptors (Lipinski definition) is 7. The van der Waals surface area contributed by atoms with E-state index in [0.29, 0.717) is 34.0 Å². The number of benzene rings is 1. The first-order chi connectivity index (χ1) is 15.3. The fourth-order valence-electron chi connectivity index (χ4n) is 4.86. The number of piperidine rings is 1. The van der Waals surface area contributed by atoms with Crippen molar-refractivity contribution in [3.05, 3.63) is 46.8 Å². The zero-order chi connectivity index (χ0) is 22.5. The highest BCUT2D eigenvalue weighted by atomic mass is 19.1. The van der Waals surface area contributed by atoms with Crippen LogP contribution in [0.5, 0.6) is 0 Å². The molecule has 32 heavy (non-hydrogen) atoms. The van der Waals surface area contributed by atoms with Crippen LogP contribution in [0.25, 0.3) is 22.9 Å². The average molecular weight is 437 g/mol. The lowest BCUT2D eigenvalue weighted by Gasteiger charge is -2.37. The highest BCUT2D eigenvalue weighted by Gasteiger charge is 2.41. The topological polar surface area (TPSA) is 84.3 Å². The molecule has 3 aromatic rings. The number of rotatable bonds is 3. The third-order valence-electron chi connectivity index (χ3n) is 6.92. The van der Waals surface area contributed by atoms with Crippen LogP contribution in [0.4, 0.5) is 10.4 Å². The number of fused-ring (bicyclic) bond motifs is 1. The summed E-state index contributed by atoms with van der Waals surface area (Å²) in [6.07, 6.45) is 6.89. The number of aromatic nitrogens is 3. The van der Waals surface area contributed by atoms with Gasteiger partial charge in [-0.25, -0.2) is 4.39 Å². The quantitative estimate of drug-likeness (QED) is 0.669. The van der Waals surface area contributed by atoms with Crippen LogP contribution in [-0.2, 0) is 0 Å². The van der Waals surface area contributed by atoms with E-state index in [1.54, 1.807) is 18.3 Å². The second-order valence-corrected chi connectivity index (χ2v) is 9.36. The monoisotopic (exact) mass is 436 g/mol. The molecule has 2 N–H and O–H groups in total. The Morgan fingerprint density at radius 1 is 1.16 bits per heavy atom. The van der Waals surface area contributed by atoms with Gasteiger partial charge in [0.25, 0.3) is 6.01 Å². The fraction of sp³-hybridized carbons (Fsp3) is 0.458. The predicted molar refractivity (Wildman–Crippen MR) is 124 cm³/mol. The molecule has 2 saturated heterocycles. The highest BCUT2D eigenvalue weighted by molar-refractivity contribution is 5.85. The molecule has 0 saturated carbocycles. The van der Waals surface area contributed by atoms with Crippen molar-refractivity contribution < 1.29 is 8.81 Å². The molecule has 0 atom stereocenters. The number of nitrogens with two attached hydrogens (primary N) is 1. The third kappa shape index (κ3) is 3.83. The SMILES string of the molecule is Cc1cnc(/C=C(\N)c2cc(F)c3nc(N4CCC5(CCN(C)CC5)C4)oc3c2)c(C)n1. The molecule has 1 spiro atoms. The summed E-state index contributed by atoms with van der Waals surface area (Å²) in [5, 5.41) is 0. The average Bonchev–Trinajstić information content (AvgIpc) is 3.37. The fourth-order valence-corrected chi connectivity index (χ4v) is 4.86. The van der Waals surface area contributed by atoms with Gasteiger partial charge < -0.3 is 20.0 Å². The first-order valence-electron chi connectivity index (χ1n) is 11.1. The van der Waals surface area contributed by atoms with Crippen LogP contribution in [0, 0.1) is 25.1 Å². The Hall–Kier alpha value is -3.00. The lowest BCUT2D eigenvalue weighted by atomic mass is 9.78. The largest absolute Gasteiger partial charge is 0.423 e. The Bertz CT molecular complexity index is 1190. The molecular weight excluding hydrogens is 407 g/mol. The molecule has 5 rings (SSSR count). The number of hydrogen-bond donors (Lipinski definition) is 1. The van der Waals surface area contributed by atoms with Gasteiger partial charge in [-0.3, -0.25) is 9.97 Å². The van der Waals surface area contributed by atoms with Crippen LogP contribution in [0.1, 0.15) is 41.9 Å². The van der Waals surface area contributed by atoms with Crippen LogP contribution >= 0.6 is 0 Å². The minimum Gasteiger partial charge on any atom is -0.423 e. The van der Waals surface area contributed by atoms with Gasteiger partial charge in [0.15, 0.2) is 11.4 Å². The number of oxazole rings is 1. The van der Waals surface area contributed by atoms with Gasteiger partial charge in [-0.15, -0.1) is 0 Å². The molecule has 2 aliphatic rings. The molecule has 0 bridgehead atoms. The molecule has 0 radical (unpaired) electrons. The summed E-state index contributed by atoms with van der Waals surface area (Å²) in [5.74, 6) is -0.441. The summed E-state index contributed by atoms with van der Waals surface area (Å²) in [7, 11) is 2.17. The number of aryl methyl sites for hydroxylation is 2. The first-order valence-corrected chi connectivity index (χ1v) is 11.1.